The minimum Gasteiger partial charge on any atom is -0.390 e. The maximum absolute atomic E-state index is 12.2. The zero-order valence-electron chi connectivity index (χ0n) is 13.7. The van der Waals surface area contributed by atoms with Crippen LogP contribution in [0.25, 0.3) is 0 Å². The van der Waals surface area contributed by atoms with Crippen LogP contribution in [-0.2, 0) is 6.54 Å². The number of rotatable bonds is 5. The van der Waals surface area contributed by atoms with Gasteiger partial charge < -0.3 is 15.5 Å². The lowest BCUT2D eigenvalue weighted by molar-refractivity contribution is 0.00761. The summed E-state index contributed by atoms with van der Waals surface area (Å²) >= 11 is 0. The fourth-order valence-corrected chi connectivity index (χ4v) is 3.41. The smallest absolute Gasteiger partial charge is 0.253 e. The van der Waals surface area contributed by atoms with E-state index in [2.05, 4.69) is 20.6 Å². The highest BCUT2D eigenvalue weighted by atomic mass is 16.3. The van der Waals surface area contributed by atoms with Crippen molar-refractivity contribution < 1.29 is 15.0 Å². The van der Waals surface area contributed by atoms with E-state index >= 15 is 0 Å². The minimum atomic E-state index is -1.00. The van der Waals surface area contributed by atoms with E-state index in [4.69, 9.17) is 0 Å². The third-order valence-electron chi connectivity index (χ3n) is 5.02. The molecule has 0 bridgehead atoms. The van der Waals surface area contributed by atoms with Crippen LogP contribution in [0.15, 0.2) is 30.7 Å². The van der Waals surface area contributed by atoms with Crippen molar-refractivity contribution in [3.8, 4) is 0 Å². The zero-order valence-corrected chi connectivity index (χ0v) is 13.7. The van der Waals surface area contributed by atoms with Crippen LogP contribution in [0.3, 0.4) is 0 Å². The summed E-state index contributed by atoms with van der Waals surface area (Å²) in [4.78, 5) is 16.1. The van der Waals surface area contributed by atoms with Gasteiger partial charge in [0.1, 0.15) is 6.10 Å². The fraction of sp³-hybridized carbons (Fsp3) is 0.529. The van der Waals surface area contributed by atoms with Crippen molar-refractivity contribution in [3.63, 3.8) is 0 Å². The Balaban J connectivity index is 1.39. The summed E-state index contributed by atoms with van der Waals surface area (Å²) in [6, 6.07) is 2.84. The molecular formula is C17H21N5O3. The van der Waals surface area contributed by atoms with Gasteiger partial charge in [0.15, 0.2) is 0 Å². The van der Waals surface area contributed by atoms with Gasteiger partial charge in [-0.25, -0.2) is 0 Å². The number of amides is 1. The van der Waals surface area contributed by atoms with Crippen molar-refractivity contribution in [2.24, 2.45) is 5.92 Å². The minimum absolute atomic E-state index is 0.192. The average molecular weight is 343 g/mol. The van der Waals surface area contributed by atoms with E-state index in [-0.39, 0.29) is 11.8 Å². The van der Waals surface area contributed by atoms with Crippen LogP contribution < -0.4 is 5.32 Å². The lowest BCUT2D eigenvalue weighted by atomic mass is 10.1. The number of aliphatic hydroxyl groups excluding tert-OH is 2. The van der Waals surface area contributed by atoms with Gasteiger partial charge in [0.2, 0.25) is 0 Å². The summed E-state index contributed by atoms with van der Waals surface area (Å²) in [5.41, 5.74) is 1.42. The quantitative estimate of drug-likeness (QED) is 0.709. The first-order chi connectivity index (χ1) is 12.1. The summed E-state index contributed by atoms with van der Waals surface area (Å²) in [6.45, 7) is 0.469. The Labute approximate surface area is 144 Å². The summed E-state index contributed by atoms with van der Waals surface area (Å²) in [7, 11) is 0. The Kier molecular flexibility index (Phi) is 4.22. The monoisotopic (exact) mass is 343 g/mol. The lowest BCUT2D eigenvalue weighted by Crippen LogP contribution is -2.43. The molecule has 0 unspecified atom stereocenters. The second kappa shape index (κ2) is 6.53. The molecule has 2 heterocycles. The standard InChI is InChI=1S/C17H21N5O3/c23-15-12(8-22-9-14(20-21-22)10-3-4-10)6-13(16(15)24)19-17(25)11-2-1-5-18-7-11/h1-2,5,7,9-10,12-13,15-16,23-24H,3-4,6,8H2,(H,19,25)/t12-,13-,15-,16+/m1/s1. The highest BCUT2D eigenvalue weighted by molar-refractivity contribution is 5.94. The number of aromatic nitrogens is 4. The molecule has 132 valence electrons. The largest absolute Gasteiger partial charge is 0.390 e. The maximum atomic E-state index is 12.2. The van der Waals surface area contributed by atoms with Gasteiger partial charge in [-0.2, -0.15) is 0 Å². The molecule has 2 aliphatic carbocycles. The fourth-order valence-electron chi connectivity index (χ4n) is 3.41. The van der Waals surface area contributed by atoms with Crippen molar-refractivity contribution in [1.29, 1.82) is 0 Å². The number of aliphatic hydroxyl groups is 2. The highest BCUT2D eigenvalue weighted by Gasteiger charge is 2.42. The van der Waals surface area contributed by atoms with E-state index in [0.717, 1.165) is 18.5 Å². The molecule has 4 rings (SSSR count). The molecule has 1 amide bonds. The Hall–Kier alpha value is -2.32. The van der Waals surface area contributed by atoms with Crippen molar-refractivity contribution >= 4 is 5.91 Å². The molecule has 2 saturated carbocycles. The van der Waals surface area contributed by atoms with Crippen LogP contribution in [0.2, 0.25) is 0 Å². The number of carbonyl (C=O) groups is 1. The highest BCUT2D eigenvalue weighted by Crippen LogP contribution is 2.38. The van der Waals surface area contributed by atoms with Gasteiger partial charge >= 0.3 is 0 Å². The number of nitrogens with zero attached hydrogens (tertiary/aromatic N) is 4. The first kappa shape index (κ1) is 16.2. The number of hydrogen-bond acceptors (Lipinski definition) is 6. The summed E-state index contributed by atoms with van der Waals surface area (Å²) < 4.78 is 1.72. The van der Waals surface area contributed by atoms with E-state index in [9.17, 15) is 15.0 Å². The van der Waals surface area contributed by atoms with Crippen molar-refractivity contribution in [2.45, 2.75) is 50.0 Å². The van der Waals surface area contributed by atoms with Gasteiger partial charge in [-0.15, -0.1) is 5.10 Å². The normalized spacial score (nSPS) is 28.9. The van der Waals surface area contributed by atoms with E-state index < -0.39 is 18.2 Å². The Morgan fingerprint density at radius 2 is 2.16 bits per heavy atom. The van der Waals surface area contributed by atoms with Crippen LogP contribution in [0.1, 0.15) is 41.2 Å². The van der Waals surface area contributed by atoms with Crippen LogP contribution in [0.5, 0.6) is 0 Å². The van der Waals surface area contributed by atoms with Crippen molar-refractivity contribution in [1.82, 2.24) is 25.3 Å². The molecular weight excluding hydrogens is 322 g/mol. The van der Waals surface area contributed by atoms with Gasteiger partial charge in [0.05, 0.1) is 23.4 Å². The molecule has 0 aromatic carbocycles. The first-order valence-electron chi connectivity index (χ1n) is 8.59. The van der Waals surface area contributed by atoms with Gasteiger partial charge in [-0.1, -0.05) is 5.21 Å². The maximum Gasteiger partial charge on any atom is 0.253 e. The van der Waals surface area contributed by atoms with E-state index in [1.807, 2.05) is 6.20 Å². The molecule has 8 nitrogen and oxygen atoms in total. The zero-order chi connectivity index (χ0) is 17.4. The van der Waals surface area contributed by atoms with E-state index in [0.29, 0.717) is 24.4 Å². The number of hydrogen-bond donors (Lipinski definition) is 3. The Morgan fingerprint density at radius 1 is 1.32 bits per heavy atom. The first-order valence-corrected chi connectivity index (χ1v) is 8.59. The predicted molar refractivity (Wildman–Crippen MR) is 87.6 cm³/mol. The van der Waals surface area contributed by atoms with Crippen LogP contribution in [0.4, 0.5) is 0 Å². The third-order valence-corrected chi connectivity index (χ3v) is 5.02. The Bertz CT molecular complexity index is 746. The number of nitrogens with one attached hydrogen (secondary N) is 1. The molecule has 2 aliphatic rings. The number of carbonyl (C=O) groups excluding carboxylic acids is 1. The Morgan fingerprint density at radius 3 is 2.88 bits per heavy atom. The summed E-state index contributed by atoms with van der Waals surface area (Å²) in [6.07, 6.45) is 5.86. The lowest BCUT2D eigenvalue weighted by Gasteiger charge is -2.18. The molecule has 0 spiro atoms. The molecule has 2 fully saturated rings. The molecule has 3 N–H and O–H groups in total. The summed E-state index contributed by atoms with van der Waals surface area (Å²) in [5.74, 6) is 0.0316. The molecule has 0 aliphatic heterocycles. The number of pyridine rings is 1. The van der Waals surface area contributed by atoms with Crippen LogP contribution >= 0.6 is 0 Å². The topological polar surface area (TPSA) is 113 Å². The van der Waals surface area contributed by atoms with E-state index in [1.165, 1.54) is 6.20 Å². The van der Waals surface area contributed by atoms with Gasteiger partial charge in [-0.05, 0) is 31.4 Å². The third kappa shape index (κ3) is 3.40. The molecule has 0 saturated heterocycles. The van der Waals surface area contributed by atoms with E-state index in [1.54, 1.807) is 23.0 Å². The van der Waals surface area contributed by atoms with Gasteiger partial charge in [-0.3, -0.25) is 14.5 Å². The average Bonchev–Trinajstić information content (AvgIpc) is 3.33. The van der Waals surface area contributed by atoms with Crippen LogP contribution in [0, 0.1) is 5.92 Å². The molecule has 8 heteroatoms. The summed E-state index contributed by atoms with van der Waals surface area (Å²) in [5, 5.41) is 31.7. The second-order valence-electron chi connectivity index (χ2n) is 6.94. The van der Waals surface area contributed by atoms with Crippen LogP contribution in [-0.4, -0.2) is 54.3 Å². The van der Waals surface area contributed by atoms with Gasteiger partial charge in [0.25, 0.3) is 5.91 Å². The molecule has 4 atom stereocenters. The van der Waals surface area contributed by atoms with Gasteiger partial charge in [0, 0.05) is 37.0 Å². The SMILES string of the molecule is O=C(N[C@@H]1C[C@H](Cn2cc(C3CC3)nn2)[C@@H](O)[C@H]1O)c1cccnc1. The molecule has 25 heavy (non-hydrogen) atoms. The molecule has 0 radical (unpaired) electrons. The van der Waals surface area contributed by atoms with Crippen molar-refractivity contribution in [2.75, 3.05) is 0 Å². The second-order valence-corrected chi connectivity index (χ2v) is 6.94. The molecule has 2 aromatic rings. The predicted octanol–water partition coefficient (Wildman–Crippen LogP) is 0.0908. The van der Waals surface area contributed by atoms with Crippen molar-refractivity contribution in [3.05, 3.63) is 42.0 Å². The molecule has 2 aromatic heterocycles.